The van der Waals surface area contributed by atoms with Crippen LogP contribution < -0.4 is 0 Å². The highest BCUT2D eigenvalue weighted by Crippen LogP contribution is 2.40. The number of fused-ring (bicyclic) bond motifs is 2. The van der Waals surface area contributed by atoms with E-state index in [4.69, 9.17) is 0 Å². The number of carbonyl (C=O) groups is 1. The van der Waals surface area contributed by atoms with E-state index in [1.165, 1.54) is 12.8 Å². The van der Waals surface area contributed by atoms with Crippen molar-refractivity contribution >= 4 is 5.91 Å². The van der Waals surface area contributed by atoms with Crippen molar-refractivity contribution in [1.29, 1.82) is 0 Å². The molecule has 22 heavy (non-hydrogen) atoms. The molecule has 0 aromatic carbocycles. The lowest BCUT2D eigenvalue weighted by molar-refractivity contribution is -0.0886. The number of nitrogens with one attached hydrogen (secondary N) is 1. The van der Waals surface area contributed by atoms with Crippen LogP contribution in [-0.4, -0.2) is 44.8 Å². The summed E-state index contributed by atoms with van der Waals surface area (Å²) in [7, 11) is 0. The summed E-state index contributed by atoms with van der Waals surface area (Å²) in [5.41, 5.74) is 2.40. The molecule has 1 saturated carbocycles. The van der Waals surface area contributed by atoms with Crippen LogP contribution in [0.15, 0.2) is 0 Å². The standard InChI is InChI=1S/C17H25N3O2/c21-16(15-13-6-1-2-7-14(13)18-19-15)20-10-9-17(22)8-4-3-5-12(17)11-20/h12,22H,1-11H2,(H,18,19). The molecule has 2 N–H and O–H groups in total. The zero-order valence-electron chi connectivity index (χ0n) is 13.1. The molecular weight excluding hydrogens is 278 g/mol. The number of H-pyrrole nitrogens is 1. The minimum atomic E-state index is -0.528. The van der Waals surface area contributed by atoms with Gasteiger partial charge in [-0.2, -0.15) is 5.10 Å². The Morgan fingerprint density at radius 3 is 3.00 bits per heavy atom. The van der Waals surface area contributed by atoms with Crippen molar-refractivity contribution in [2.24, 2.45) is 5.92 Å². The van der Waals surface area contributed by atoms with Crippen LogP contribution in [-0.2, 0) is 12.8 Å². The van der Waals surface area contributed by atoms with Gasteiger partial charge in [0.1, 0.15) is 0 Å². The zero-order chi connectivity index (χ0) is 15.2. The highest BCUT2D eigenvalue weighted by atomic mass is 16.3. The molecule has 1 aromatic rings. The topological polar surface area (TPSA) is 69.2 Å². The molecular formula is C17H25N3O2. The predicted octanol–water partition coefficient (Wildman–Crippen LogP) is 2.06. The van der Waals surface area contributed by atoms with Crippen LogP contribution in [0.2, 0.25) is 0 Å². The molecule has 2 unspecified atom stereocenters. The average molecular weight is 303 g/mol. The molecule has 120 valence electrons. The summed E-state index contributed by atoms with van der Waals surface area (Å²) in [6.45, 7) is 1.35. The summed E-state index contributed by atoms with van der Waals surface area (Å²) in [5.74, 6) is 0.306. The first-order valence-corrected chi connectivity index (χ1v) is 8.75. The van der Waals surface area contributed by atoms with Gasteiger partial charge >= 0.3 is 0 Å². The maximum atomic E-state index is 12.9. The van der Waals surface area contributed by atoms with E-state index in [1.54, 1.807) is 0 Å². The number of aliphatic hydroxyl groups is 1. The smallest absolute Gasteiger partial charge is 0.274 e. The zero-order valence-corrected chi connectivity index (χ0v) is 13.1. The lowest BCUT2D eigenvalue weighted by Crippen LogP contribution is -2.54. The minimum Gasteiger partial charge on any atom is -0.389 e. The Bertz CT molecular complexity index is 582. The second-order valence-corrected chi connectivity index (χ2v) is 7.28. The summed E-state index contributed by atoms with van der Waals surface area (Å²) in [5, 5.41) is 18.1. The first kappa shape index (κ1) is 14.2. The molecule has 2 fully saturated rings. The summed E-state index contributed by atoms with van der Waals surface area (Å²) < 4.78 is 0. The number of aromatic amines is 1. The van der Waals surface area contributed by atoms with E-state index in [2.05, 4.69) is 10.2 Å². The summed E-state index contributed by atoms with van der Waals surface area (Å²) in [6.07, 6.45) is 9.26. The third-order valence-corrected chi connectivity index (χ3v) is 5.97. The van der Waals surface area contributed by atoms with Crippen molar-refractivity contribution in [2.45, 2.75) is 63.4 Å². The predicted molar refractivity (Wildman–Crippen MR) is 82.7 cm³/mol. The molecule has 3 aliphatic rings. The number of amides is 1. The monoisotopic (exact) mass is 303 g/mol. The maximum Gasteiger partial charge on any atom is 0.274 e. The Morgan fingerprint density at radius 1 is 1.23 bits per heavy atom. The molecule has 1 aliphatic heterocycles. The van der Waals surface area contributed by atoms with E-state index in [-0.39, 0.29) is 11.8 Å². The molecule has 2 atom stereocenters. The van der Waals surface area contributed by atoms with Gasteiger partial charge in [-0.25, -0.2) is 0 Å². The molecule has 1 saturated heterocycles. The fourth-order valence-electron chi connectivity index (χ4n) is 4.56. The average Bonchev–Trinajstić information content (AvgIpc) is 2.97. The lowest BCUT2D eigenvalue weighted by atomic mass is 9.71. The molecule has 4 rings (SSSR count). The van der Waals surface area contributed by atoms with Crippen molar-refractivity contribution in [3.05, 3.63) is 17.0 Å². The van der Waals surface area contributed by atoms with E-state index in [1.807, 2.05) is 4.90 Å². The van der Waals surface area contributed by atoms with Gasteiger partial charge in [0.25, 0.3) is 5.91 Å². The number of hydrogen-bond donors (Lipinski definition) is 2. The number of nitrogens with zero attached hydrogens (tertiary/aromatic N) is 2. The molecule has 0 radical (unpaired) electrons. The van der Waals surface area contributed by atoms with E-state index >= 15 is 0 Å². The van der Waals surface area contributed by atoms with Crippen molar-refractivity contribution in [1.82, 2.24) is 15.1 Å². The van der Waals surface area contributed by atoms with Crippen LogP contribution in [0.3, 0.4) is 0 Å². The van der Waals surface area contributed by atoms with E-state index in [0.29, 0.717) is 18.8 Å². The maximum absolute atomic E-state index is 12.9. The molecule has 0 spiro atoms. The van der Waals surface area contributed by atoms with Gasteiger partial charge in [-0.05, 0) is 44.9 Å². The van der Waals surface area contributed by atoms with Gasteiger partial charge in [-0.1, -0.05) is 12.8 Å². The molecule has 5 nitrogen and oxygen atoms in total. The number of likely N-dealkylation sites (tertiary alicyclic amines) is 1. The molecule has 2 heterocycles. The third kappa shape index (κ3) is 2.26. The van der Waals surface area contributed by atoms with Crippen LogP contribution in [0.5, 0.6) is 0 Å². The number of aromatic nitrogens is 2. The fraction of sp³-hybridized carbons (Fsp3) is 0.765. The molecule has 5 heteroatoms. The fourth-order valence-corrected chi connectivity index (χ4v) is 4.56. The minimum absolute atomic E-state index is 0.0621. The third-order valence-electron chi connectivity index (χ3n) is 5.97. The number of hydrogen-bond acceptors (Lipinski definition) is 3. The van der Waals surface area contributed by atoms with E-state index in [9.17, 15) is 9.90 Å². The lowest BCUT2D eigenvalue weighted by Gasteiger charge is -2.47. The number of aryl methyl sites for hydroxylation is 1. The van der Waals surface area contributed by atoms with Gasteiger partial charge in [0.05, 0.1) is 5.60 Å². The van der Waals surface area contributed by atoms with E-state index in [0.717, 1.165) is 56.2 Å². The highest BCUT2D eigenvalue weighted by Gasteiger charge is 2.44. The Balaban J connectivity index is 1.53. The van der Waals surface area contributed by atoms with Crippen LogP contribution >= 0.6 is 0 Å². The Morgan fingerprint density at radius 2 is 2.09 bits per heavy atom. The van der Waals surface area contributed by atoms with E-state index < -0.39 is 5.60 Å². The van der Waals surface area contributed by atoms with Crippen molar-refractivity contribution < 1.29 is 9.90 Å². The Labute approximate surface area is 131 Å². The van der Waals surface area contributed by atoms with Gasteiger partial charge in [0, 0.05) is 30.3 Å². The van der Waals surface area contributed by atoms with Crippen molar-refractivity contribution in [3.63, 3.8) is 0 Å². The van der Waals surface area contributed by atoms with Gasteiger partial charge in [0.2, 0.25) is 0 Å². The van der Waals surface area contributed by atoms with Crippen LogP contribution in [0.4, 0.5) is 0 Å². The van der Waals surface area contributed by atoms with Gasteiger partial charge in [-0.3, -0.25) is 9.89 Å². The highest BCUT2D eigenvalue weighted by molar-refractivity contribution is 5.94. The SMILES string of the molecule is O=C(c1n[nH]c2c1CCCC2)N1CCC2(O)CCCCC2C1. The van der Waals surface area contributed by atoms with Crippen LogP contribution in [0.1, 0.15) is 66.7 Å². The number of piperidine rings is 1. The number of carbonyl (C=O) groups excluding carboxylic acids is 1. The summed E-state index contributed by atoms with van der Waals surface area (Å²) in [4.78, 5) is 14.8. The number of rotatable bonds is 1. The van der Waals surface area contributed by atoms with Crippen LogP contribution in [0.25, 0.3) is 0 Å². The molecule has 1 amide bonds. The second kappa shape index (κ2) is 5.37. The molecule has 0 bridgehead atoms. The largest absolute Gasteiger partial charge is 0.389 e. The van der Waals surface area contributed by atoms with Crippen LogP contribution in [0, 0.1) is 5.92 Å². The summed E-state index contributed by atoms with van der Waals surface area (Å²) >= 11 is 0. The first-order valence-electron chi connectivity index (χ1n) is 8.75. The Hall–Kier alpha value is -1.36. The van der Waals surface area contributed by atoms with Gasteiger partial charge in [-0.15, -0.1) is 0 Å². The van der Waals surface area contributed by atoms with Gasteiger partial charge < -0.3 is 10.0 Å². The van der Waals surface area contributed by atoms with Gasteiger partial charge in [0.15, 0.2) is 5.69 Å². The first-order chi connectivity index (χ1) is 10.7. The van der Waals surface area contributed by atoms with Crippen molar-refractivity contribution in [3.8, 4) is 0 Å². The second-order valence-electron chi connectivity index (χ2n) is 7.28. The van der Waals surface area contributed by atoms with Crippen molar-refractivity contribution in [2.75, 3.05) is 13.1 Å². The quantitative estimate of drug-likeness (QED) is 0.834. The Kier molecular flexibility index (Phi) is 3.48. The summed E-state index contributed by atoms with van der Waals surface area (Å²) in [6, 6.07) is 0. The molecule has 2 aliphatic carbocycles. The molecule has 1 aromatic heterocycles. The normalized spacial score (nSPS) is 31.5.